The molecule has 0 aliphatic carbocycles. The number of hydrogen-bond acceptors (Lipinski definition) is 1. The maximum atomic E-state index is 12.6. The van der Waals surface area contributed by atoms with Crippen LogP contribution in [0.15, 0.2) is 18.2 Å². The van der Waals surface area contributed by atoms with Crippen molar-refractivity contribution >= 4 is 17.4 Å². The number of carbonyl (C=O) groups is 1. The zero-order valence-corrected chi connectivity index (χ0v) is 10.7. The lowest BCUT2D eigenvalue weighted by Gasteiger charge is -2.13. The number of benzene rings is 1. The van der Waals surface area contributed by atoms with Crippen molar-refractivity contribution in [1.82, 2.24) is 0 Å². The van der Waals surface area contributed by atoms with Crippen molar-refractivity contribution in [2.45, 2.75) is 25.2 Å². The molecule has 0 aliphatic heterocycles. The van der Waals surface area contributed by atoms with E-state index in [1.54, 1.807) is 0 Å². The third-order valence-electron chi connectivity index (χ3n) is 2.45. The summed E-state index contributed by atoms with van der Waals surface area (Å²) in [4.78, 5) is 11.6. The van der Waals surface area contributed by atoms with Crippen molar-refractivity contribution < 1.29 is 31.1 Å². The molecule has 20 heavy (non-hydrogen) atoms. The van der Waals surface area contributed by atoms with Gasteiger partial charge in [0.1, 0.15) is 0 Å². The topological polar surface area (TPSA) is 17.1 Å². The Bertz CT molecular complexity index is 459. The molecule has 0 saturated carbocycles. The highest BCUT2D eigenvalue weighted by Crippen LogP contribution is 2.36. The van der Waals surface area contributed by atoms with Gasteiger partial charge in [0.25, 0.3) is 0 Å². The molecule has 0 fully saturated rings. The van der Waals surface area contributed by atoms with Gasteiger partial charge in [0.15, 0.2) is 5.78 Å². The number of halogens is 7. The molecule has 1 aromatic rings. The SMILES string of the molecule is O=C(CCCCl)c1cc(C(F)(F)F)cc(C(F)(F)F)c1. The Balaban J connectivity index is 3.27. The monoisotopic (exact) mass is 318 g/mol. The number of rotatable bonds is 4. The molecule has 0 bridgehead atoms. The van der Waals surface area contributed by atoms with Crippen molar-refractivity contribution in [1.29, 1.82) is 0 Å². The van der Waals surface area contributed by atoms with E-state index in [2.05, 4.69) is 0 Å². The molecule has 0 unspecified atom stereocenters. The quantitative estimate of drug-likeness (QED) is 0.437. The second-order valence-electron chi connectivity index (χ2n) is 4.01. The van der Waals surface area contributed by atoms with Crippen LogP contribution < -0.4 is 0 Å². The molecule has 0 spiro atoms. The molecule has 0 saturated heterocycles. The molecule has 0 heterocycles. The molecule has 0 atom stereocenters. The van der Waals surface area contributed by atoms with Gasteiger partial charge in [-0.2, -0.15) is 26.3 Å². The van der Waals surface area contributed by atoms with E-state index in [0.717, 1.165) is 0 Å². The van der Waals surface area contributed by atoms with Crippen LogP contribution in [-0.4, -0.2) is 11.7 Å². The number of Topliss-reactive ketones (excluding diaryl/α,β-unsaturated/α-hetero) is 1. The molecule has 0 amide bonds. The van der Waals surface area contributed by atoms with Gasteiger partial charge in [0.05, 0.1) is 11.1 Å². The van der Waals surface area contributed by atoms with Crippen LogP contribution in [0.3, 0.4) is 0 Å². The van der Waals surface area contributed by atoms with Gasteiger partial charge in [0, 0.05) is 17.9 Å². The van der Waals surface area contributed by atoms with Gasteiger partial charge < -0.3 is 0 Å². The Morgan fingerprint density at radius 3 is 1.75 bits per heavy atom. The first-order chi connectivity index (χ1) is 9.05. The average molecular weight is 319 g/mol. The Labute approximate surface area is 115 Å². The minimum atomic E-state index is -4.96. The molecule has 0 radical (unpaired) electrons. The minimum Gasteiger partial charge on any atom is -0.294 e. The van der Waals surface area contributed by atoms with E-state index < -0.39 is 34.8 Å². The van der Waals surface area contributed by atoms with E-state index in [0.29, 0.717) is 12.1 Å². The van der Waals surface area contributed by atoms with E-state index in [9.17, 15) is 31.1 Å². The van der Waals surface area contributed by atoms with Gasteiger partial charge in [-0.25, -0.2) is 0 Å². The summed E-state index contributed by atoms with van der Waals surface area (Å²) in [6.45, 7) is 0. The molecule has 0 aromatic heterocycles. The van der Waals surface area contributed by atoms with E-state index in [1.807, 2.05) is 0 Å². The highest BCUT2D eigenvalue weighted by atomic mass is 35.5. The Morgan fingerprint density at radius 2 is 1.40 bits per heavy atom. The predicted octanol–water partition coefficient (Wildman–Crippen LogP) is 4.93. The highest BCUT2D eigenvalue weighted by Gasteiger charge is 2.37. The molecular weight excluding hydrogens is 310 g/mol. The molecule has 8 heteroatoms. The van der Waals surface area contributed by atoms with Crippen molar-refractivity contribution in [2.24, 2.45) is 0 Å². The summed E-state index contributed by atoms with van der Waals surface area (Å²) >= 11 is 5.33. The molecular formula is C12H9ClF6O. The molecule has 1 aromatic carbocycles. The Hall–Kier alpha value is -1.24. The summed E-state index contributed by atoms with van der Waals surface area (Å²) in [5.74, 6) is -0.709. The van der Waals surface area contributed by atoms with Crippen LogP contribution in [0.4, 0.5) is 26.3 Å². The lowest BCUT2D eigenvalue weighted by molar-refractivity contribution is -0.143. The molecule has 112 valence electrons. The van der Waals surface area contributed by atoms with Gasteiger partial charge in [-0.3, -0.25) is 4.79 Å². The minimum absolute atomic E-state index is 0.0155. The average Bonchev–Trinajstić information content (AvgIpc) is 2.33. The smallest absolute Gasteiger partial charge is 0.294 e. The maximum Gasteiger partial charge on any atom is 0.416 e. The Morgan fingerprint density at radius 1 is 0.950 bits per heavy atom. The summed E-state index contributed by atoms with van der Waals surface area (Å²) in [7, 11) is 0. The fourth-order valence-electron chi connectivity index (χ4n) is 1.49. The third kappa shape index (κ3) is 4.40. The van der Waals surface area contributed by atoms with Crippen molar-refractivity contribution in [2.75, 3.05) is 5.88 Å². The number of carbonyl (C=O) groups excluding carboxylic acids is 1. The lowest BCUT2D eigenvalue weighted by atomic mass is 10.00. The van der Waals surface area contributed by atoms with Crippen LogP contribution in [0.5, 0.6) is 0 Å². The van der Waals surface area contributed by atoms with Crippen LogP contribution in [0.1, 0.15) is 34.3 Å². The van der Waals surface area contributed by atoms with Crippen LogP contribution in [-0.2, 0) is 12.4 Å². The summed E-state index contributed by atoms with van der Waals surface area (Å²) in [5, 5.41) is 0. The first-order valence-corrected chi connectivity index (χ1v) is 5.98. The zero-order valence-electron chi connectivity index (χ0n) is 9.91. The van der Waals surface area contributed by atoms with Gasteiger partial charge in [-0.05, 0) is 24.6 Å². The molecule has 1 nitrogen and oxygen atoms in total. The highest BCUT2D eigenvalue weighted by molar-refractivity contribution is 6.18. The largest absolute Gasteiger partial charge is 0.416 e. The third-order valence-corrected chi connectivity index (χ3v) is 2.71. The fourth-order valence-corrected chi connectivity index (χ4v) is 1.62. The van der Waals surface area contributed by atoms with Crippen LogP contribution >= 0.6 is 11.6 Å². The molecule has 1 rings (SSSR count). The van der Waals surface area contributed by atoms with Crippen LogP contribution in [0.2, 0.25) is 0 Å². The van der Waals surface area contributed by atoms with Crippen LogP contribution in [0.25, 0.3) is 0 Å². The molecule has 0 aliphatic rings. The Kier molecular flexibility index (Phi) is 5.07. The van der Waals surface area contributed by atoms with Crippen molar-refractivity contribution in [3.63, 3.8) is 0 Å². The lowest BCUT2D eigenvalue weighted by Crippen LogP contribution is -2.13. The van der Waals surface area contributed by atoms with Crippen LogP contribution in [0, 0.1) is 0 Å². The molecule has 0 N–H and O–H groups in total. The standard InChI is InChI=1S/C12H9ClF6O/c13-3-1-2-10(20)7-4-8(11(14,15)16)6-9(5-7)12(17,18)19/h4-6H,1-3H2. The second kappa shape index (κ2) is 6.03. The number of ketones is 1. The van der Waals surface area contributed by atoms with Gasteiger partial charge >= 0.3 is 12.4 Å². The zero-order chi connectivity index (χ0) is 15.6. The van der Waals surface area contributed by atoms with Gasteiger partial charge in [0.2, 0.25) is 0 Å². The van der Waals surface area contributed by atoms with Crippen molar-refractivity contribution in [3.8, 4) is 0 Å². The fraction of sp³-hybridized carbons (Fsp3) is 0.417. The number of hydrogen-bond donors (Lipinski definition) is 0. The van der Waals surface area contributed by atoms with E-state index >= 15 is 0 Å². The van der Waals surface area contributed by atoms with E-state index in [1.165, 1.54) is 0 Å². The van der Waals surface area contributed by atoms with E-state index in [-0.39, 0.29) is 24.8 Å². The first kappa shape index (κ1) is 16.8. The number of alkyl halides is 7. The maximum absolute atomic E-state index is 12.6. The predicted molar refractivity (Wildman–Crippen MR) is 60.7 cm³/mol. The summed E-state index contributed by atoms with van der Waals surface area (Å²) in [6.07, 6.45) is -9.94. The summed E-state index contributed by atoms with van der Waals surface area (Å²) in [6, 6.07) is 0.829. The van der Waals surface area contributed by atoms with E-state index in [4.69, 9.17) is 11.6 Å². The first-order valence-electron chi connectivity index (χ1n) is 5.44. The summed E-state index contributed by atoms with van der Waals surface area (Å²) in [5.41, 5.74) is -3.61. The van der Waals surface area contributed by atoms with Crippen molar-refractivity contribution in [3.05, 3.63) is 34.9 Å². The second-order valence-corrected chi connectivity index (χ2v) is 4.39. The normalized spacial score (nSPS) is 12.6. The van der Waals surface area contributed by atoms with Gasteiger partial charge in [-0.15, -0.1) is 11.6 Å². The van der Waals surface area contributed by atoms with Gasteiger partial charge in [-0.1, -0.05) is 0 Å². The summed E-state index contributed by atoms with van der Waals surface area (Å²) < 4.78 is 75.3.